The van der Waals surface area contributed by atoms with Crippen LogP contribution in [0.2, 0.25) is 0 Å². The van der Waals surface area contributed by atoms with Crippen LogP contribution in [-0.2, 0) is 6.42 Å². The van der Waals surface area contributed by atoms with Gasteiger partial charge in [-0.15, -0.1) is 0 Å². The van der Waals surface area contributed by atoms with Crippen molar-refractivity contribution in [3.8, 4) is 5.75 Å². The standard InChI is InChI=1S/C14H23NO2/c1-9-7-10(2)14(17-4)12(8-9)5-6-13(16)11(3)15/h7-8,11,13,16H,5-6,15H2,1-4H3. The summed E-state index contributed by atoms with van der Waals surface area (Å²) in [5.41, 5.74) is 9.15. The molecule has 0 saturated carbocycles. The third-order valence-corrected chi connectivity index (χ3v) is 3.02. The SMILES string of the molecule is COc1c(C)cc(C)cc1CCC(O)C(C)N. The lowest BCUT2D eigenvalue weighted by atomic mass is 9.98. The number of hydrogen-bond acceptors (Lipinski definition) is 3. The maximum Gasteiger partial charge on any atom is 0.124 e. The summed E-state index contributed by atoms with van der Waals surface area (Å²) in [6, 6.07) is 4.02. The van der Waals surface area contributed by atoms with E-state index in [1.54, 1.807) is 7.11 Å². The van der Waals surface area contributed by atoms with Crippen LogP contribution in [0.5, 0.6) is 5.75 Å². The van der Waals surface area contributed by atoms with Gasteiger partial charge in [-0.25, -0.2) is 0 Å². The first-order valence-corrected chi connectivity index (χ1v) is 6.03. The van der Waals surface area contributed by atoms with Gasteiger partial charge >= 0.3 is 0 Å². The number of nitrogens with two attached hydrogens (primary N) is 1. The van der Waals surface area contributed by atoms with E-state index >= 15 is 0 Å². The van der Waals surface area contributed by atoms with Gasteiger partial charge in [-0.05, 0) is 44.7 Å². The summed E-state index contributed by atoms with van der Waals surface area (Å²) in [5.74, 6) is 0.924. The molecular formula is C14H23NO2. The number of benzene rings is 1. The Balaban J connectivity index is 2.83. The molecule has 2 atom stereocenters. The van der Waals surface area contributed by atoms with Crippen LogP contribution in [0, 0.1) is 13.8 Å². The van der Waals surface area contributed by atoms with Crippen molar-refractivity contribution >= 4 is 0 Å². The Kier molecular flexibility index (Phi) is 4.97. The van der Waals surface area contributed by atoms with Gasteiger partial charge in [-0.2, -0.15) is 0 Å². The van der Waals surface area contributed by atoms with Gasteiger partial charge in [0.05, 0.1) is 13.2 Å². The predicted octanol–water partition coefficient (Wildman–Crippen LogP) is 1.95. The lowest BCUT2D eigenvalue weighted by molar-refractivity contribution is 0.141. The molecule has 0 amide bonds. The van der Waals surface area contributed by atoms with Gasteiger partial charge < -0.3 is 15.6 Å². The Bertz CT molecular complexity index is 375. The average molecular weight is 237 g/mol. The highest BCUT2D eigenvalue weighted by Gasteiger charge is 2.13. The number of aryl methyl sites for hydroxylation is 3. The second-order valence-corrected chi connectivity index (χ2v) is 4.74. The quantitative estimate of drug-likeness (QED) is 0.823. The molecule has 0 aliphatic carbocycles. The van der Waals surface area contributed by atoms with E-state index in [4.69, 9.17) is 10.5 Å². The van der Waals surface area contributed by atoms with Crippen molar-refractivity contribution in [2.24, 2.45) is 5.73 Å². The van der Waals surface area contributed by atoms with Crippen molar-refractivity contribution in [3.05, 3.63) is 28.8 Å². The third-order valence-electron chi connectivity index (χ3n) is 3.02. The van der Waals surface area contributed by atoms with Crippen molar-refractivity contribution in [2.45, 2.75) is 45.8 Å². The summed E-state index contributed by atoms with van der Waals surface area (Å²) in [7, 11) is 1.68. The van der Waals surface area contributed by atoms with Gasteiger partial charge in [-0.1, -0.05) is 17.7 Å². The minimum absolute atomic E-state index is 0.188. The molecule has 0 bridgehead atoms. The van der Waals surface area contributed by atoms with Crippen LogP contribution in [0.4, 0.5) is 0 Å². The lowest BCUT2D eigenvalue weighted by Crippen LogP contribution is -2.31. The van der Waals surface area contributed by atoms with E-state index in [1.165, 1.54) is 5.56 Å². The fourth-order valence-corrected chi connectivity index (χ4v) is 2.09. The topological polar surface area (TPSA) is 55.5 Å². The minimum Gasteiger partial charge on any atom is -0.496 e. The first-order chi connectivity index (χ1) is 7.95. The summed E-state index contributed by atoms with van der Waals surface area (Å²) >= 11 is 0. The molecule has 3 heteroatoms. The molecule has 0 radical (unpaired) electrons. The average Bonchev–Trinajstić information content (AvgIpc) is 2.24. The normalized spacial score (nSPS) is 14.5. The molecule has 0 fully saturated rings. The highest BCUT2D eigenvalue weighted by Crippen LogP contribution is 2.26. The molecule has 0 aromatic heterocycles. The van der Waals surface area contributed by atoms with E-state index in [-0.39, 0.29) is 6.04 Å². The number of methoxy groups -OCH3 is 1. The largest absolute Gasteiger partial charge is 0.496 e. The predicted molar refractivity (Wildman–Crippen MR) is 70.4 cm³/mol. The van der Waals surface area contributed by atoms with Crippen LogP contribution < -0.4 is 10.5 Å². The summed E-state index contributed by atoms with van der Waals surface area (Å²) in [4.78, 5) is 0. The van der Waals surface area contributed by atoms with Gasteiger partial charge in [0, 0.05) is 6.04 Å². The molecule has 1 aromatic carbocycles. The van der Waals surface area contributed by atoms with Crippen molar-refractivity contribution in [3.63, 3.8) is 0 Å². The monoisotopic (exact) mass is 237 g/mol. The van der Waals surface area contributed by atoms with Crippen LogP contribution in [0.25, 0.3) is 0 Å². The van der Waals surface area contributed by atoms with Crippen LogP contribution in [0.3, 0.4) is 0 Å². The first-order valence-electron chi connectivity index (χ1n) is 6.03. The summed E-state index contributed by atoms with van der Waals surface area (Å²) in [5, 5.41) is 9.72. The molecule has 1 aromatic rings. The Hall–Kier alpha value is -1.06. The van der Waals surface area contributed by atoms with Crippen LogP contribution >= 0.6 is 0 Å². The molecule has 3 nitrogen and oxygen atoms in total. The highest BCUT2D eigenvalue weighted by molar-refractivity contribution is 5.43. The number of aliphatic hydroxyl groups is 1. The van der Waals surface area contributed by atoms with Crippen molar-refractivity contribution < 1.29 is 9.84 Å². The Morgan fingerprint density at radius 2 is 2.00 bits per heavy atom. The molecule has 2 unspecified atom stereocenters. The molecule has 0 aliphatic heterocycles. The Labute approximate surface area is 104 Å². The van der Waals surface area contributed by atoms with Crippen LogP contribution in [-0.4, -0.2) is 24.4 Å². The van der Waals surface area contributed by atoms with E-state index in [0.29, 0.717) is 6.42 Å². The summed E-state index contributed by atoms with van der Waals surface area (Å²) in [6.45, 7) is 5.93. The zero-order valence-electron chi connectivity index (χ0n) is 11.2. The van der Waals surface area contributed by atoms with Crippen molar-refractivity contribution in [1.29, 1.82) is 0 Å². The molecule has 1 rings (SSSR count). The number of hydrogen-bond donors (Lipinski definition) is 2. The Morgan fingerprint density at radius 1 is 1.35 bits per heavy atom. The number of rotatable bonds is 5. The smallest absolute Gasteiger partial charge is 0.124 e. The van der Waals surface area contributed by atoms with Crippen LogP contribution in [0.1, 0.15) is 30.0 Å². The summed E-state index contributed by atoms with van der Waals surface area (Å²) in [6.07, 6.45) is 0.992. The van der Waals surface area contributed by atoms with E-state index in [9.17, 15) is 5.11 Å². The van der Waals surface area contributed by atoms with Gasteiger partial charge in [0.1, 0.15) is 5.75 Å². The van der Waals surface area contributed by atoms with E-state index < -0.39 is 6.10 Å². The van der Waals surface area contributed by atoms with Gasteiger partial charge in [0.15, 0.2) is 0 Å². The van der Waals surface area contributed by atoms with E-state index in [0.717, 1.165) is 23.3 Å². The fourth-order valence-electron chi connectivity index (χ4n) is 2.09. The molecule has 17 heavy (non-hydrogen) atoms. The molecule has 0 spiro atoms. The number of aliphatic hydroxyl groups excluding tert-OH is 1. The van der Waals surface area contributed by atoms with Gasteiger partial charge in [-0.3, -0.25) is 0 Å². The maximum atomic E-state index is 9.72. The highest BCUT2D eigenvalue weighted by atomic mass is 16.5. The second kappa shape index (κ2) is 6.03. The van der Waals surface area contributed by atoms with Crippen molar-refractivity contribution in [1.82, 2.24) is 0 Å². The molecule has 0 saturated heterocycles. The fraction of sp³-hybridized carbons (Fsp3) is 0.571. The zero-order chi connectivity index (χ0) is 13.0. The van der Waals surface area contributed by atoms with Gasteiger partial charge in [0.25, 0.3) is 0 Å². The van der Waals surface area contributed by atoms with E-state index in [1.807, 2.05) is 13.8 Å². The second-order valence-electron chi connectivity index (χ2n) is 4.74. The zero-order valence-corrected chi connectivity index (χ0v) is 11.2. The molecule has 0 heterocycles. The number of ether oxygens (including phenoxy) is 1. The van der Waals surface area contributed by atoms with Crippen molar-refractivity contribution in [2.75, 3.05) is 7.11 Å². The molecule has 0 aliphatic rings. The third kappa shape index (κ3) is 3.72. The minimum atomic E-state index is -0.458. The lowest BCUT2D eigenvalue weighted by Gasteiger charge is -2.17. The first kappa shape index (κ1) is 14.0. The molecule has 3 N–H and O–H groups in total. The summed E-state index contributed by atoms with van der Waals surface area (Å²) < 4.78 is 5.41. The Morgan fingerprint density at radius 3 is 2.53 bits per heavy atom. The van der Waals surface area contributed by atoms with Crippen LogP contribution in [0.15, 0.2) is 12.1 Å². The van der Waals surface area contributed by atoms with Gasteiger partial charge in [0.2, 0.25) is 0 Å². The van der Waals surface area contributed by atoms with E-state index in [2.05, 4.69) is 19.1 Å². The molecule has 96 valence electrons. The maximum absolute atomic E-state index is 9.72. The molecular weight excluding hydrogens is 214 g/mol.